The van der Waals surface area contributed by atoms with E-state index < -0.39 is 5.91 Å². The van der Waals surface area contributed by atoms with Crippen molar-refractivity contribution in [3.63, 3.8) is 0 Å². The molecule has 1 unspecified atom stereocenters. The van der Waals surface area contributed by atoms with Gasteiger partial charge >= 0.3 is 0 Å². The Bertz CT molecular complexity index is 639. The fourth-order valence-corrected chi connectivity index (χ4v) is 1.90. The highest BCUT2D eigenvalue weighted by atomic mass is 16.3. The standard InChI is InChI=1S/C15H16N2O3/c1-9(16)11-4-2-3-5-13(11)17-15(20)12-8-10(18)6-7-14(12)19/h2-9,18-19H,16H2,1H3,(H,17,20). The first-order chi connectivity index (χ1) is 9.49. The molecule has 0 aliphatic heterocycles. The highest BCUT2D eigenvalue weighted by Crippen LogP contribution is 2.25. The van der Waals surface area contributed by atoms with Gasteiger partial charge in [0, 0.05) is 11.7 Å². The zero-order chi connectivity index (χ0) is 14.7. The van der Waals surface area contributed by atoms with Crippen LogP contribution in [-0.2, 0) is 0 Å². The fourth-order valence-electron chi connectivity index (χ4n) is 1.90. The molecule has 0 aliphatic rings. The van der Waals surface area contributed by atoms with Crippen molar-refractivity contribution in [1.29, 1.82) is 0 Å². The van der Waals surface area contributed by atoms with E-state index in [9.17, 15) is 15.0 Å². The molecule has 5 heteroatoms. The number of phenols is 2. The summed E-state index contributed by atoms with van der Waals surface area (Å²) in [6, 6.07) is 10.7. The van der Waals surface area contributed by atoms with Crippen LogP contribution in [0.25, 0.3) is 0 Å². The van der Waals surface area contributed by atoms with Crippen molar-refractivity contribution in [2.75, 3.05) is 5.32 Å². The molecule has 0 aromatic heterocycles. The van der Waals surface area contributed by atoms with Crippen molar-refractivity contribution >= 4 is 11.6 Å². The second kappa shape index (κ2) is 5.63. The molecule has 0 aliphatic carbocycles. The lowest BCUT2D eigenvalue weighted by Crippen LogP contribution is -2.16. The van der Waals surface area contributed by atoms with Crippen molar-refractivity contribution in [1.82, 2.24) is 0 Å². The highest BCUT2D eigenvalue weighted by molar-refractivity contribution is 6.06. The molecule has 0 radical (unpaired) electrons. The molecule has 20 heavy (non-hydrogen) atoms. The number of carbonyl (C=O) groups is 1. The van der Waals surface area contributed by atoms with E-state index in [0.29, 0.717) is 5.69 Å². The maximum Gasteiger partial charge on any atom is 0.259 e. The summed E-state index contributed by atoms with van der Waals surface area (Å²) in [6.07, 6.45) is 0. The van der Waals surface area contributed by atoms with Crippen molar-refractivity contribution in [3.8, 4) is 11.5 Å². The predicted molar refractivity (Wildman–Crippen MR) is 76.8 cm³/mol. The molecule has 1 amide bonds. The molecule has 0 fully saturated rings. The Morgan fingerprint density at radius 1 is 1.20 bits per heavy atom. The summed E-state index contributed by atoms with van der Waals surface area (Å²) >= 11 is 0. The van der Waals surface area contributed by atoms with Gasteiger partial charge in [0.25, 0.3) is 5.91 Å². The average Bonchev–Trinajstić information content (AvgIpc) is 2.41. The van der Waals surface area contributed by atoms with Gasteiger partial charge < -0.3 is 21.3 Å². The van der Waals surface area contributed by atoms with Crippen LogP contribution in [0.15, 0.2) is 42.5 Å². The second-order valence-corrected chi connectivity index (χ2v) is 4.53. The number of nitrogens with one attached hydrogen (secondary N) is 1. The minimum atomic E-state index is -0.508. The summed E-state index contributed by atoms with van der Waals surface area (Å²) in [5, 5.41) is 21.7. The number of amides is 1. The lowest BCUT2D eigenvalue weighted by atomic mass is 10.1. The van der Waals surface area contributed by atoms with E-state index in [1.165, 1.54) is 18.2 Å². The van der Waals surface area contributed by atoms with Crippen LogP contribution < -0.4 is 11.1 Å². The first-order valence-corrected chi connectivity index (χ1v) is 6.17. The van der Waals surface area contributed by atoms with Crippen molar-refractivity contribution in [2.45, 2.75) is 13.0 Å². The number of aromatic hydroxyl groups is 2. The van der Waals surface area contributed by atoms with E-state index >= 15 is 0 Å². The van der Waals surface area contributed by atoms with Gasteiger partial charge in [-0.1, -0.05) is 18.2 Å². The number of phenolic OH excluding ortho intramolecular Hbond substituents is 2. The lowest BCUT2D eigenvalue weighted by Gasteiger charge is -2.14. The van der Waals surface area contributed by atoms with Gasteiger partial charge in [0.2, 0.25) is 0 Å². The van der Waals surface area contributed by atoms with E-state index in [2.05, 4.69) is 5.32 Å². The maximum atomic E-state index is 12.1. The van der Waals surface area contributed by atoms with Gasteiger partial charge in [-0.15, -0.1) is 0 Å². The average molecular weight is 272 g/mol. The predicted octanol–water partition coefficient (Wildman–Crippen LogP) is 2.37. The molecule has 0 bridgehead atoms. The smallest absolute Gasteiger partial charge is 0.259 e. The minimum absolute atomic E-state index is 0.00415. The Balaban J connectivity index is 2.31. The van der Waals surface area contributed by atoms with E-state index in [1.54, 1.807) is 12.1 Å². The Labute approximate surface area is 116 Å². The molecule has 1 atom stereocenters. The first-order valence-electron chi connectivity index (χ1n) is 6.17. The molecular formula is C15H16N2O3. The summed E-state index contributed by atoms with van der Waals surface area (Å²) in [4.78, 5) is 12.1. The molecule has 2 aromatic carbocycles. The third-order valence-corrected chi connectivity index (χ3v) is 2.92. The van der Waals surface area contributed by atoms with Crippen LogP contribution in [0.1, 0.15) is 28.9 Å². The number of benzene rings is 2. The normalized spacial score (nSPS) is 11.9. The number of nitrogens with two attached hydrogens (primary N) is 1. The number of hydrogen-bond donors (Lipinski definition) is 4. The molecule has 0 saturated carbocycles. The van der Waals surface area contributed by atoms with Crippen molar-refractivity contribution in [2.24, 2.45) is 5.73 Å². The van der Waals surface area contributed by atoms with E-state index in [-0.39, 0.29) is 23.1 Å². The van der Waals surface area contributed by atoms with Gasteiger partial charge in [-0.25, -0.2) is 0 Å². The summed E-state index contributed by atoms with van der Waals surface area (Å²) < 4.78 is 0. The zero-order valence-corrected chi connectivity index (χ0v) is 11.0. The highest BCUT2D eigenvalue weighted by Gasteiger charge is 2.14. The van der Waals surface area contributed by atoms with Crippen molar-refractivity contribution < 1.29 is 15.0 Å². The van der Waals surface area contributed by atoms with Crippen LogP contribution >= 0.6 is 0 Å². The number of hydrogen-bond acceptors (Lipinski definition) is 4. The van der Waals surface area contributed by atoms with Crippen LogP contribution in [0.2, 0.25) is 0 Å². The largest absolute Gasteiger partial charge is 0.508 e. The number of rotatable bonds is 3. The summed E-state index contributed by atoms with van der Waals surface area (Å²) in [5.74, 6) is -0.793. The zero-order valence-electron chi connectivity index (χ0n) is 11.0. The molecule has 0 heterocycles. The molecule has 2 rings (SSSR count). The van der Waals surface area contributed by atoms with Gasteiger partial charge in [-0.2, -0.15) is 0 Å². The van der Waals surface area contributed by atoms with Gasteiger partial charge in [0.1, 0.15) is 11.5 Å². The van der Waals surface area contributed by atoms with Gasteiger partial charge in [-0.3, -0.25) is 4.79 Å². The Kier molecular flexibility index (Phi) is 3.91. The van der Waals surface area contributed by atoms with E-state index in [0.717, 1.165) is 5.56 Å². The second-order valence-electron chi connectivity index (χ2n) is 4.53. The maximum absolute atomic E-state index is 12.1. The Morgan fingerprint density at radius 2 is 1.90 bits per heavy atom. The first kappa shape index (κ1) is 13.9. The number of anilines is 1. The third kappa shape index (κ3) is 2.89. The Morgan fingerprint density at radius 3 is 2.60 bits per heavy atom. The third-order valence-electron chi connectivity index (χ3n) is 2.92. The topological polar surface area (TPSA) is 95.6 Å². The quantitative estimate of drug-likeness (QED) is 0.645. The van der Waals surface area contributed by atoms with Crippen LogP contribution in [0.5, 0.6) is 11.5 Å². The summed E-state index contributed by atoms with van der Waals surface area (Å²) in [7, 11) is 0. The Hall–Kier alpha value is -2.53. The summed E-state index contributed by atoms with van der Waals surface area (Å²) in [5.41, 5.74) is 7.22. The number of para-hydroxylation sites is 1. The van der Waals surface area contributed by atoms with Crippen molar-refractivity contribution in [3.05, 3.63) is 53.6 Å². The SMILES string of the molecule is CC(N)c1ccccc1NC(=O)c1cc(O)ccc1O. The minimum Gasteiger partial charge on any atom is -0.508 e. The van der Waals surface area contributed by atoms with Crippen LogP contribution in [0.3, 0.4) is 0 Å². The monoisotopic (exact) mass is 272 g/mol. The molecular weight excluding hydrogens is 256 g/mol. The molecule has 0 saturated heterocycles. The summed E-state index contributed by atoms with van der Waals surface area (Å²) in [6.45, 7) is 1.82. The van der Waals surface area contributed by atoms with E-state index in [1.807, 2.05) is 19.1 Å². The molecule has 0 spiro atoms. The van der Waals surface area contributed by atoms with Gasteiger partial charge in [0.15, 0.2) is 0 Å². The molecule has 104 valence electrons. The number of carbonyl (C=O) groups excluding carboxylic acids is 1. The van der Waals surface area contributed by atoms with E-state index in [4.69, 9.17) is 5.73 Å². The molecule has 5 nitrogen and oxygen atoms in total. The van der Waals surface area contributed by atoms with Crippen LogP contribution in [-0.4, -0.2) is 16.1 Å². The fraction of sp³-hybridized carbons (Fsp3) is 0.133. The lowest BCUT2D eigenvalue weighted by molar-refractivity contribution is 0.102. The molecule has 5 N–H and O–H groups in total. The molecule has 2 aromatic rings. The van der Waals surface area contributed by atoms with Gasteiger partial charge in [0.05, 0.1) is 5.56 Å². The van der Waals surface area contributed by atoms with Crippen LogP contribution in [0.4, 0.5) is 5.69 Å². The van der Waals surface area contributed by atoms with Crippen LogP contribution in [0, 0.1) is 0 Å². The van der Waals surface area contributed by atoms with Gasteiger partial charge in [-0.05, 0) is 36.8 Å².